The minimum Gasteiger partial charge on any atom is -0.369 e. The van der Waals surface area contributed by atoms with Gasteiger partial charge in [0.2, 0.25) is 17.6 Å². The average molecular weight is 915 g/mol. The van der Waals surface area contributed by atoms with Gasteiger partial charge in [-0.2, -0.15) is 0 Å². The zero-order valence-corrected chi connectivity index (χ0v) is 44.9. The molecule has 1 aliphatic carbocycles. The monoisotopic (exact) mass is 915 g/mol. The summed E-state index contributed by atoms with van der Waals surface area (Å²) >= 11 is 0. The van der Waals surface area contributed by atoms with Gasteiger partial charge in [-0.3, -0.25) is 28.8 Å². The molecular weight excluding hydrogens is 813 g/mol. The van der Waals surface area contributed by atoms with Gasteiger partial charge >= 0.3 is 0 Å². The number of Topliss-reactive ketones (excluding diaryl/α,β-unsaturated/α-hetero) is 5. The van der Waals surface area contributed by atoms with E-state index in [0.29, 0.717) is 41.3 Å². The molecule has 0 saturated heterocycles. The zero-order valence-electron chi connectivity index (χ0n) is 44.9. The van der Waals surface area contributed by atoms with Crippen molar-refractivity contribution in [3.8, 4) is 0 Å². The lowest BCUT2D eigenvalue weighted by Crippen LogP contribution is -2.31. The van der Waals surface area contributed by atoms with Crippen LogP contribution in [-0.2, 0) is 33.6 Å². The van der Waals surface area contributed by atoms with Crippen LogP contribution < -0.4 is 11.1 Å². The Kier molecular flexibility index (Phi) is 45.2. The van der Waals surface area contributed by atoms with Crippen LogP contribution in [-0.4, -0.2) is 46.8 Å². The molecule has 65 heavy (non-hydrogen) atoms. The summed E-state index contributed by atoms with van der Waals surface area (Å²) in [6.07, 6.45) is 22.7. The summed E-state index contributed by atoms with van der Waals surface area (Å²) in [7, 11) is 0. The van der Waals surface area contributed by atoms with Crippen LogP contribution >= 0.6 is 0 Å². The van der Waals surface area contributed by atoms with Gasteiger partial charge in [0.05, 0.1) is 5.92 Å². The fraction of sp³-hybridized carbons (Fsp3) is 0.768. The third-order valence-electron chi connectivity index (χ3n) is 13.0. The first-order valence-electron chi connectivity index (χ1n) is 25.7. The van der Waals surface area contributed by atoms with Gasteiger partial charge in [-0.15, -0.1) is 0 Å². The van der Waals surface area contributed by atoms with Crippen molar-refractivity contribution < 1.29 is 33.6 Å². The first kappa shape index (κ1) is 68.1. The van der Waals surface area contributed by atoms with Crippen molar-refractivity contribution in [2.24, 2.45) is 34.8 Å². The minimum atomic E-state index is -0.329. The molecule has 378 valence electrons. The molecule has 9 heteroatoms. The van der Waals surface area contributed by atoms with Crippen molar-refractivity contribution >= 4 is 40.7 Å². The molecule has 9 nitrogen and oxygen atoms in total. The molecule has 0 aliphatic heterocycles. The number of hydrogen-bond acceptors (Lipinski definition) is 7. The van der Waals surface area contributed by atoms with Gasteiger partial charge in [-0.1, -0.05) is 171 Å². The lowest BCUT2D eigenvalue weighted by molar-refractivity contribution is -0.137. The molecule has 1 fully saturated rings. The molecule has 0 heterocycles. The average Bonchev–Trinajstić information content (AvgIpc) is 3.29. The van der Waals surface area contributed by atoms with Crippen molar-refractivity contribution in [1.82, 2.24) is 5.32 Å². The number of amides is 2. The summed E-state index contributed by atoms with van der Waals surface area (Å²) in [4.78, 5) is 75.4. The minimum absolute atomic E-state index is 0.0729. The number of ketones is 5. The summed E-state index contributed by atoms with van der Waals surface area (Å²) in [6, 6.07) is 10.1. The molecule has 1 saturated carbocycles. The van der Waals surface area contributed by atoms with Crippen LogP contribution in [0.1, 0.15) is 251 Å². The molecule has 1 aromatic carbocycles. The first-order chi connectivity index (χ1) is 30.6. The number of nitrogens with one attached hydrogen (secondary N) is 1. The van der Waals surface area contributed by atoms with E-state index in [4.69, 9.17) is 5.73 Å². The van der Waals surface area contributed by atoms with Gasteiger partial charge in [0.15, 0.2) is 5.78 Å². The molecule has 0 radical (unpaired) electrons. The van der Waals surface area contributed by atoms with E-state index in [2.05, 4.69) is 60.7 Å². The van der Waals surface area contributed by atoms with Crippen LogP contribution in [0.25, 0.3) is 0 Å². The van der Waals surface area contributed by atoms with E-state index in [0.717, 1.165) is 63.4 Å². The van der Waals surface area contributed by atoms with Crippen molar-refractivity contribution in [2.45, 2.75) is 251 Å². The van der Waals surface area contributed by atoms with E-state index in [9.17, 15) is 33.6 Å². The van der Waals surface area contributed by atoms with E-state index in [-0.39, 0.29) is 46.9 Å². The van der Waals surface area contributed by atoms with Crippen molar-refractivity contribution in [2.75, 3.05) is 0 Å². The van der Waals surface area contributed by atoms with E-state index in [1.54, 1.807) is 34.6 Å². The molecule has 0 aromatic heterocycles. The van der Waals surface area contributed by atoms with Gasteiger partial charge in [-0.25, -0.2) is 0 Å². The van der Waals surface area contributed by atoms with Crippen LogP contribution in [0.5, 0.6) is 0 Å². The number of primary amides is 1. The number of benzene rings is 1. The maximum Gasteiger partial charge on any atom is 0.224 e. The van der Waals surface area contributed by atoms with Crippen LogP contribution in [0.3, 0.4) is 0 Å². The molecule has 1 aromatic rings. The summed E-state index contributed by atoms with van der Waals surface area (Å²) in [5.74, 6) is 1.42. The highest BCUT2D eigenvalue weighted by molar-refractivity contribution is 6.36. The largest absolute Gasteiger partial charge is 0.369 e. The maximum atomic E-state index is 11.4. The number of nitrogens with two attached hydrogens (primary N) is 1. The van der Waals surface area contributed by atoms with Gasteiger partial charge in [0.25, 0.3) is 0 Å². The molecule has 2 rings (SSSR count). The lowest BCUT2D eigenvalue weighted by Gasteiger charge is -2.34. The Bertz CT molecular complexity index is 1390. The second-order valence-corrected chi connectivity index (χ2v) is 18.4. The van der Waals surface area contributed by atoms with E-state index in [1.807, 2.05) is 44.2 Å². The Labute approximate surface area is 400 Å². The zero-order chi connectivity index (χ0) is 51.0. The van der Waals surface area contributed by atoms with Gasteiger partial charge in [0, 0.05) is 44.1 Å². The molecule has 1 aliphatic rings. The Hall–Kier alpha value is -3.49. The Balaban J connectivity index is -0.000000353. The summed E-state index contributed by atoms with van der Waals surface area (Å²) in [6.45, 7) is 30.8. The smallest absolute Gasteiger partial charge is 0.224 e. The predicted octanol–water partition coefficient (Wildman–Crippen LogP) is 14.1. The van der Waals surface area contributed by atoms with E-state index < -0.39 is 0 Å². The van der Waals surface area contributed by atoms with Gasteiger partial charge < -0.3 is 15.8 Å². The van der Waals surface area contributed by atoms with E-state index in [1.165, 1.54) is 71.1 Å². The Morgan fingerprint density at radius 2 is 1.17 bits per heavy atom. The van der Waals surface area contributed by atoms with Crippen molar-refractivity contribution in [3.63, 3.8) is 0 Å². The molecule has 0 spiro atoms. The molecule has 2 amide bonds. The Morgan fingerprint density at radius 1 is 0.662 bits per heavy atom. The second kappa shape index (κ2) is 43.1. The first-order valence-corrected chi connectivity index (χ1v) is 25.7. The van der Waals surface area contributed by atoms with Crippen molar-refractivity contribution in [1.29, 1.82) is 0 Å². The van der Waals surface area contributed by atoms with Gasteiger partial charge in [0.1, 0.15) is 17.3 Å². The van der Waals surface area contributed by atoms with Crippen LogP contribution in [0.2, 0.25) is 0 Å². The number of hydrogen-bond donors (Lipinski definition) is 2. The third kappa shape index (κ3) is 36.3. The highest BCUT2D eigenvalue weighted by Crippen LogP contribution is 2.39. The lowest BCUT2D eigenvalue weighted by atomic mass is 9.71. The van der Waals surface area contributed by atoms with Crippen LogP contribution in [0.4, 0.5) is 0 Å². The quantitative estimate of drug-likeness (QED) is 0.0977. The summed E-state index contributed by atoms with van der Waals surface area (Å²) in [5, 5.41) is 2.84. The number of rotatable bonds is 24. The highest BCUT2D eigenvalue weighted by Gasteiger charge is 2.29. The topological polar surface area (TPSA) is 158 Å². The highest BCUT2D eigenvalue weighted by atomic mass is 16.2. The maximum absolute atomic E-state index is 11.4. The fourth-order valence-electron chi connectivity index (χ4n) is 7.84. The third-order valence-corrected chi connectivity index (χ3v) is 13.0. The standard InChI is InChI=1S/C14H28O.C12H17NO.C12H22O.C7H15NO.C7H12O2.C4H8O/c1-6-9-10-14(7-2,8-3)11-12(4)13(5)15;1-2-3-9-11(12(13)14)10-7-5-4-6-8-10;1-3-7-12(10(2)13)11-8-5-4-6-9-11;1-4-7(5-2)8-6(3)9;1-4-5(2)7(9)6(3)8;1-3-4(2)5/h12H,6-11H2,1-5H3;4-8,11H,2-3,9H2,1H3,(H2,13,14);11-12H,3-9H2,1-2H3;7H,4-5H2,1-3H3,(H,8,9);5H,4H2,1-3H3;3H2,1-2H3. The Morgan fingerprint density at radius 3 is 1.48 bits per heavy atom. The number of carbonyl (C=O) groups excluding carboxylic acids is 7. The second-order valence-electron chi connectivity index (χ2n) is 18.4. The number of unbranched alkanes of at least 4 members (excludes halogenated alkanes) is 2. The van der Waals surface area contributed by atoms with Gasteiger partial charge in [-0.05, 0) is 95.5 Å². The molecule has 0 bridgehead atoms. The van der Waals surface area contributed by atoms with Crippen LogP contribution in [0.15, 0.2) is 30.3 Å². The SMILES string of the molecule is CCC(C)=O.CCC(C)C(=O)C(C)=O.CCC(CC)NC(C)=O.CCCC(C(C)=O)C1CCCCC1.CCCCC(C(N)=O)c1ccccc1.CCCCC(CC)(CC)CC(C)C(C)=O. The molecule has 4 atom stereocenters. The van der Waals surface area contributed by atoms with E-state index >= 15 is 0 Å². The summed E-state index contributed by atoms with van der Waals surface area (Å²) in [5.41, 5.74) is 6.82. The van der Waals surface area contributed by atoms with Crippen LogP contribution in [0, 0.1) is 29.1 Å². The molecule has 4 unspecified atom stereocenters. The fourth-order valence-corrected chi connectivity index (χ4v) is 7.84. The molecular formula is C56H102N2O7. The predicted molar refractivity (Wildman–Crippen MR) is 275 cm³/mol. The number of carbonyl (C=O) groups is 7. The molecule has 3 N–H and O–H groups in total. The summed E-state index contributed by atoms with van der Waals surface area (Å²) < 4.78 is 0. The normalized spacial score (nSPS) is 13.9. The van der Waals surface area contributed by atoms with Crippen molar-refractivity contribution in [3.05, 3.63) is 35.9 Å².